The maximum absolute atomic E-state index is 6.38. The lowest BCUT2D eigenvalue weighted by Gasteiger charge is -2.50. The van der Waals surface area contributed by atoms with E-state index in [4.69, 9.17) is 13.9 Å². The predicted molar refractivity (Wildman–Crippen MR) is 69.6 cm³/mol. The van der Waals surface area contributed by atoms with Crippen molar-refractivity contribution in [2.75, 3.05) is 13.2 Å². The summed E-state index contributed by atoms with van der Waals surface area (Å²) in [6.07, 6.45) is 1.38. The second kappa shape index (κ2) is 3.91. The van der Waals surface area contributed by atoms with Crippen molar-refractivity contribution in [2.24, 2.45) is 0 Å². The van der Waals surface area contributed by atoms with Gasteiger partial charge in [-0.2, -0.15) is 0 Å². The van der Waals surface area contributed by atoms with Crippen molar-refractivity contribution >= 4 is 15.4 Å². The Morgan fingerprint density at radius 2 is 1.94 bits per heavy atom. The van der Waals surface area contributed by atoms with Gasteiger partial charge in [-0.3, -0.25) is 0 Å². The summed E-state index contributed by atoms with van der Waals surface area (Å²) in [7, 11) is -2.67. The standard InChI is InChI=1S/C11H24O3Si2/c1-11(13-9-10-8-12-10)6-7-15(2,3)16(4,5)14-11/h10H,6-9H2,1-5H3. The zero-order valence-corrected chi connectivity index (χ0v) is 13.1. The van der Waals surface area contributed by atoms with Gasteiger partial charge in [-0.05, 0) is 26.4 Å². The van der Waals surface area contributed by atoms with Crippen molar-refractivity contribution in [1.82, 2.24) is 0 Å². The summed E-state index contributed by atoms with van der Waals surface area (Å²) in [5, 5.41) is 0. The molecule has 2 saturated heterocycles. The van der Waals surface area contributed by atoms with E-state index in [0.717, 1.165) is 13.0 Å². The molecule has 0 saturated carbocycles. The van der Waals surface area contributed by atoms with Gasteiger partial charge in [-0.25, -0.2) is 0 Å². The van der Waals surface area contributed by atoms with Crippen LogP contribution in [0.2, 0.25) is 32.2 Å². The summed E-state index contributed by atoms with van der Waals surface area (Å²) in [6, 6.07) is 1.33. The molecule has 3 nitrogen and oxygen atoms in total. The SMILES string of the molecule is CC1(OCC2CO2)CC[Si](C)(C)[Si](C)(C)O1. The zero-order valence-electron chi connectivity index (χ0n) is 11.1. The Kier molecular flexibility index (Phi) is 3.12. The normalized spacial score (nSPS) is 40.7. The van der Waals surface area contributed by atoms with Gasteiger partial charge >= 0.3 is 0 Å². The molecule has 0 aromatic heterocycles. The molecular weight excluding hydrogens is 236 g/mol. The van der Waals surface area contributed by atoms with Crippen LogP contribution in [0.15, 0.2) is 0 Å². The Hall–Kier alpha value is 0.314. The van der Waals surface area contributed by atoms with E-state index in [-0.39, 0.29) is 5.79 Å². The van der Waals surface area contributed by atoms with Crippen LogP contribution in [0.1, 0.15) is 13.3 Å². The average molecular weight is 260 g/mol. The summed E-state index contributed by atoms with van der Waals surface area (Å²) in [6.45, 7) is 13.3. The van der Waals surface area contributed by atoms with Gasteiger partial charge in [0.1, 0.15) is 6.10 Å². The van der Waals surface area contributed by atoms with E-state index in [9.17, 15) is 0 Å². The van der Waals surface area contributed by atoms with Crippen LogP contribution in [0.4, 0.5) is 0 Å². The molecular formula is C11H24O3Si2. The fraction of sp³-hybridized carbons (Fsp3) is 1.00. The predicted octanol–water partition coefficient (Wildman–Crippen LogP) is 2.53. The van der Waals surface area contributed by atoms with Gasteiger partial charge in [0, 0.05) is 0 Å². The molecule has 2 rings (SSSR count). The highest BCUT2D eigenvalue weighted by Crippen LogP contribution is 2.39. The first-order valence-electron chi connectivity index (χ1n) is 6.20. The van der Waals surface area contributed by atoms with Crippen LogP contribution in [-0.4, -0.2) is 40.5 Å². The number of ether oxygens (including phenoxy) is 2. The molecule has 0 amide bonds. The van der Waals surface area contributed by atoms with Crippen LogP contribution >= 0.6 is 0 Å². The van der Waals surface area contributed by atoms with E-state index in [2.05, 4.69) is 33.1 Å². The van der Waals surface area contributed by atoms with Crippen molar-refractivity contribution in [3.63, 3.8) is 0 Å². The van der Waals surface area contributed by atoms with Gasteiger partial charge in [0.05, 0.1) is 20.8 Å². The Morgan fingerprint density at radius 3 is 2.44 bits per heavy atom. The van der Waals surface area contributed by atoms with Gasteiger partial charge in [-0.1, -0.05) is 19.1 Å². The summed E-state index contributed by atoms with van der Waals surface area (Å²) in [4.78, 5) is 0. The lowest BCUT2D eigenvalue weighted by molar-refractivity contribution is -0.181. The molecule has 2 heterocycles. The second-order valence-electron chi connectivity index (χ2n) is 6.40. The van der Waals surface area contributed by atoms with Gasteiger partial charge in [0.15, 0.2) is 13.6 Å². The minimum atomic E-state index is -1.53. The lowest BCUT2D eigenvalue weighted by Crippen LogP contribution is -2.65. The molecule has 2 unspecified atom stereocenters. The smallest absolute Gasteiger partial charge is 0.177 e. The molecule has 0 aromatic carbocycles. The molecule has 16 heavy (non-hydrogen) atoms. The molecule has 0 N–H and O–H groups in total. The van der Waals surface area contributed by atoms with Crippen LogP contribution < -0.4 is 0 Å². The highest BCUT2D eigenvalue weighted by Gasteiger charge is 2.52. The Morgan fingerprint density at radius 1 is 1.31 bits per heavy atom. The maximum Gasteiger partial charge on any atom is 0.177 e. The van der Waals surface area contributed by atoms with Gasteiger partial charge in [0.2, 0.25) is 0 Å². The van der Waals surface area contributed by atoms with Crippen LogP contribution in [-0.2, 0) is 13.9 Å². The molecule has 0 spiro atoms. The highest BCUT2D eigenvalue weighted by molar-refractivity contribution is 7.38. The third-order valence-electron chi connectivity index (χ3n) is 4.28. The molecule has 2 atom stereocenters. The summed E-state index contributed by atoms with van der Waals surface area (Å²) >= 11 is 0. The number of hydrogen-bond donors (Lipinski definition) is 0. The molecule has 0 aliphatic carbocycles. The number of epoxide rings is 1. The van der Waals surface area contributed by atoms with E-state index in [1.54, 1.807) is 0 Å². The summed E-state index contributed by atoms with van der Waals surface area (Å²) < 4.78 is 17.5. The number of rotatable bonds is 3. The van der Waals surface area contributed by atoms with Gasteiger partial charge in [-0.15, -0.1) is 0 Å². The van der Waals surface area contributed by atoms with Crippen molar-refractivity contribution in [2.45, 2.75) is 57.5 Å². The van der Waals surface area contributed by atoms with E-state index in [0.29, 0.717) is 12.7 Å². The Bertz CT molecular complexity index is 272. The largest absolute Gasteiger partial charge is 0.393 e. The molecule has 0 aromatic rings. The molecule has 5 heteroatoms. The summed E-state index contributed by atoms with van der Waals surface area (Å²) in [5.41, 5.74) is 0. The number of hydrogen-bond acceptors (Lipinski definition) is 3. The van der Waals surface area contributed by atoms with Crippen molar-refractivity contribution in [3.8, 4) is 0 Å². The van der Waals surface area contributed by atoms with Crippen molar-refractivity contribution < 1.29 is 13.9 Å². The monoisotopic (exact) mass is 260 g/mol. The van der Waals surface area contributed by atoms with Crippen LogP contribution in [0, 0.1) is 0 Å². The Balaban J connectivity index is 1.96. The first kappa shape index (κ1) is 12.8. The lowest BCUT2D eigenvalue weighted by atomic mass is 10.2. The minimum absolute atomic E-state index is 0.331. The molecule has 0 bridgehead atoms. The van der Waals surface area contributed by atoms with E-state index in [1.807, 2.05) is 0 Å². The topological polar surface area (TPSA) is 31.0 Å². The third-order valence-corrected chi connectivity index (χ3v) is 20.8. The van der Waals surface area contributed by atoms with E-state index in [1.165, 1.54) is 6.04 Å². The van der Waals surface area contributed by atoms with Crippen LogP contribution in [0.5, 0.6) is 0 Å². The second-order valence-corrected chi connectivity index (χ2v) is 21.6. The van der Waals surface area contributed by atoms with E-state index >= 15 is 0 Å². The quantitative estimate of drug-likeness (QED) is 0.577. The first-order chi connectivity index (χ1) is 7.24. The maximum atomic E-state index is 6.38. The first-order valence-corrected chi connectivity index (χ1v) is 13.3. The summed E-state index contributed by atoms with van der Waals surface area (Å²) in [5.74, 6) is -0.343. The van der Waals surface area contributed by atoms with Crippen LogP contribution in [0.25, 0.3) is 0 Å². The fourth-order valence-corrected chi connectivity index (χ4v) is 8.96. The molecule has 2 aliphatic heterocycles. The highest BCUT2D eigenvalue weighted by atomic mass is 29.3. The zero-order chi connectivity index (χ0) is 12.0. The molecule has 94 valence electrons. The van der Waals surface area contributed by atoms with Gasteiger partial charge in [0.25, 0.3) is 0 Å². The minimum Gasteiger partial charge on any atom is -0.393 e. The van der Waals surface area contributed by atoms with Crippen LogP contribution in [0.3, 0.4) is 0 Å². The molecule has 0 radical (unpaired) electrons. The molecule has 2 fully saturated rings. The van der Waals surface area contributed by atoms with Gasteiger partial charge < -0.3 is 13.9 Å². The van der Waals surface area contributed by atoms with E-state index < -0.39 is 15.4 Å². The Labute approximate surface area is 100 Å². The third kappa shape index (κ3) is 2.59. The van der Waals surface area contributed by atoms with Crippen molar-refractivity contribution in [1.29, 1.82) is 0 Å². The van der Waals surface area contributed by atoms with Crippen molar-refractivity contribution in [3.05, 3.63) is 0 Å². The molecule has 2 aliphatic rings. The fourth-order valence-electron chi connectivity index (χ4n) is 2.10. The average Bonchev–Trinajstić information content (AvgIpc) is 2.93.